The van der Waals surface area contributed by atoms with Crippen LogP contribution in [-0.4, -0.2) is 30.9 Å². The number of sulfonamides is 1. The number of amides is 1. The van der Waals surface area contributed by atoms with Crippen molar-refractivity contribution in [3.05, 3.63) is 35.4 Å². The lowest BCUT2D eigenvalue weighted by atomic mass is 10.1. The van der Waals surface area contributed by atoms with Gasteiger partial charge < -0.3 is 10.8 Å². The summed E-state index contributed by atoms with van der Waals surface area (Å²) in [5, 5.41) is 8.74. The van der Waals surface area contributed by atoms with Gasteiger partial charge in [-0.2, -0.15) is 4.72 Å². The molecule has 8 heteroatoms. The number of hydrogen-bond acceptors (Lipinski definition) is 4. The van der Waals surface area contributed by atoms with Crippen LogP contribution in [0, 0.1) is 0 Å². The summed E-state index contributed by atoms with van der Waals surface area (Å²) in [6, 6.07) is 5.43. The van der Waals surface area contributed by atoms with Crippen molar-refractivity contribution in [1.29, 1.82) is 0 Å². The molecule has 0 aliphatic rings. The number of aromatic carboxylic acids is 1. The van der Waals surface area contributed by atoms with Crippen LogP contribution >= 0.6 is 0 Å². The van der Waals surface area contributed by atoms with Crippen LogP contribution in [0.1, 0.15) is 29.8 Å². The average Bonchev–Trinajstić information content (AvgIpc) is 2.27. The SMILES string of the molecule is CC(C)(NS(=O)(=O)Cc1ccc(C(=O)O)cc1)C(N)=O. The van der Waals surface area contributed by atoms with E-state index in [9.17, 15) is 18.0 Å². The van der Waals surface area contributed by atoms with E-state index in [1.165, 1.54) is 38.1 Å². The van der Waals surface area contributed by atoms with Gasteiger partial charge in [-0.15, -0.1) is 0 Å². The Labute approximate surface area is 116 Å². The average molecular weight is 300 g/mol. The van der Waals surface area contributed by atoms with E-state index < -0.39 is 27.4 Å². The van der Waals surface area contributed by atoms with Gasteiger partial charge in [0.25, 0.3) is 0 Å². The van der Waals surface area contributed by atoms with E-state index in [1.807, 2.05) is 0 Å². The first kappa shape index (κ1) is 16.1. The highest BCUT2D eigenvalue weighted by molar-refractivity contribution is 7.88. The van der Waals surface area contributed by atoms with Crippen molar-refractivity contribution in [3.63, 3.8) is 0 Å². The molecule has 0 radical (unpaired) electrons. The second-order valence-corrected chi connectivity index (χ2v) is 6.57. The van der Waals surface area contributed by atoms with E-state index in [0.717, 1.165) is 0 Å². The Morgan fingerprint density at radius 3 is 2.15 bits per heavy atom. The Morgan fingerprint density at radius 1 is 1.25 bits per heavy atom. The molecule has 7 nitrogen and oxygen atoms in total. The lowest BCUT2D eigenvalue weighted by Gasteiger charge is -2.22. The van der Waals surface area contributed by atoms with Crippen LogP contribution in [0.4, 0.5) is 0 Å². The van der Waals surface area contributed by atoms with Crippen LogP contribution in [0.3, 0.4) is 0 Å². The van der Waals surface area contributed by atoms with Crippen LogP contribution in [0.2, 0.25) is 0 Å². The predicted molar refractivity (Wildman–Crippen MR) is 72.4 cm³/mol. The van der Waals surface area contributed by atoms with Crippen molar-refractivity contribution in [2.45, 2.75) is 25.1 Å². The van der Waals surface area contributed by atoms with Crippen molar-refractivity contribution in [2.75, 3.05) is 0 Å². The summed E-state index contributed by atoms with van der Waals surface area (Å²) in [6.07, 6.45) is 0. The minimum absolute atomic E-state index is 0.0663. The van der Waals surface area contributed by atoms with E-state index in [0.29, 0.717) is 5.56 Å². The standard InChI is InChI=1S/C12H16N2O5S/c1-12(2,11(13)17)14-20(18,19)7-8-3-5-9(6-4-8)10(15)16/h3-6,14H,7H2,1-2H3,(H2,13,17)(H,15,16). The zero-order chi connectivity index (χ0) is 15.6. The van der Waals surface area contributed by atoms with Crippen LogP contribution in [-0.2, 0) is 20.6 Å². The molecule has 0 spiro atoms. The maximum Gasteiger partial charge on any atom is 0.335 e. The molecule has 0 unspecified atom stereocenters. The van der Waals surface area contributed by atoms with Gasteiger partial charge in [-0.05, 0) is 31.5 Å². The van der Waals surface area contributed by atoms with Gasteiger partial charge in [-0.3, -0.25) is 4.79 Å². The molecule has 0 aliphatic carbocycles. The zero-order valence-electron chi connectivity index (χ0n) is 11.1. The minimum atomic E-state index is -3.77. The molecule has 20 heavy (non-hydrogen) atoms. The number of nitrogens with one attached hydrogen (secondary N) is 1. The minimum Gasteiger partial charge on any atom is -0.478 e. The maximum atomic E-state index is 11.9. The summed E-state index contributed by atoms with van der Waals surface area (Å²) in [5.41, 5.74) is 4.18. The van der Waals surface area contributed by atoms with Gasteiger partial charge in [0.15, 0.2) is 0 Å². The van der Waals surface area contributed by atoms with Crippen LogP contribution in [0.15, 0.2) is 24.3 Å². The Bertz CT molecular complexity index is 620. The number of benzene rings is 1. The Kier molecular flexibility index (Phi) is 4.51. The lowest BCUT2D eigenvalue weighted by molar-refractivity contribution is -0.122. The van der Waals surface area contributed by atoms with E-state index >= 15 is 0 Å². The van der Waals surface area contributed by atoms with Crippen molar-refractivity contribution in [3.8, 4) is 0 Å². The number of hydrogen-bond donors (Lipinski definition) is 3. The van der Waals surface area contributed by atoms with E-state index in [1.54, 1.807) is 0 Å². The molecular weight excluding hydrogens is 284 g/mol. The molecule has 0 aliphatic heterocycles. The number of nitrogens with two attached hydrogens (primary N) is 1. The number of carboxylic acids is 1. The second kappa shape index (κ2) is 5.59. The van der Waals surface area contributed by atoms with E-state index in [2.05, 4.69) is 4.72 Å². The Hall–Kier alpha value is -1.93. The summed E-state index contributed by atoms with van der Waals surface area (Å²) >= 11 is 0. The molecule has 0 heterocycles. The molecule has 0 saturated heterocycles. The molecular formula is C12H16N2O5S. The summed E-state index contributed by atoms with van der Waals surface area (Å²) in [5.74, 6) is -2.25. The van der Waals surface area contributed by atoms with Gasteiger partial charge >= 0.3 is 5.97 Å². The monoisotopic (exact) mass is 300 g/mol. The Balaban J connectivity index is 2.86. The molecule has 0 bridgehead atoms. The highest BCUT2D eigenvalue weighted by atomic mass is 32.2. The first-order chi connectivity index (χ1) is 9.03. The van der Waals surface area contributed by atoms with Crippen molar-refractivity contribution < 1.29 is 23.1 Å². The molecule has 1 amide bonds. The fourth-order valence-corrected chi connectivity index (χ4v) is 3.02. The number of carbonyl (C=O) groups is 2. The van der Waals surface area contributed by atoms with Gasteiger partial charge in [0, 0.05) is 0 Å². The van der Waals surface area contributed by atoms with Crippen LogP contribution < -0.4 is 10.5 Å². The largest absolute Gasteiger partial charge is 0.478 e. The van der Waals surface area contributed by atoms with Gasteiger partial charge in [-0.25, -0.2) is 13.2 Å². The first-order valence-corrected chi connectivity index (χ1v) is 7.32. The molecule has 110 valence electrons. The van der Waals surface area contributed by atoms with Crippen molar-refractivity contribution >= 4 is 21.9 Å². The summed E-state index contributed by atoms with van der Waals surface area (Å²) in [6.45, 7) is 2.72. The first-order valence-electron chi connectivity index (χ1n) is 5.67. The summed E-state index contributed by atoms with van der Waals surface area (Å²) < 4.78 is 26.0. The third-order valence-corrected chi connectivity index (χ3v) is 4.12. The topological polar surface area (TPSA) is 127 Å². The number of carbonyl (C=O) groups excluding carboxylic acids is 1. The number of rotatable bonds is 6. The molecule has 4 N–H and O–H groups in total. The molecule has 0 atom stereocenters. The maximum absolute atomic E-state index is 11.9. The third kappa shape index (κ3) is 4.32. The second-order valence-electron chi connectivity index (χ2n) is 4.85. The fourth-order valence-electron chi connectivity index (χ4n) is 1.44. The lowest BCUT2D eigenvalue weighted by Crippen LogP contribution is -2.53. The normalized spacial score (nSPS) is 12.1. The molecule has 1 aromatic carbocycles. The van der Waals surface area contributed by atoms with Crippen molar-refractivity contribution in [1.82, 2.24) is 4.72 Å². The molecule has 0 saturated carbocycles. The van der Waals surface area contributed by atoms with Gasteiger partial charge in [0.05, 0.1) is 11.3 Å². The van der Waals surface area contributed by atoms with Crippen molar-refractivity contribution in [2.24, 2.45) is 5.73 Å². The molecule has 0 aromatic heterocycles. The summed E-state index contributed by atoms with van der Waals surface area (Å²) in [4.78, 5) is 21.8. The quantitative estimate of drug-likeness (QED) is 0.685. The smallest absolute Gasteiger partial charge is 0.335 e. The van der Waals surface area contributed by atoms with Crippen LogP contribution in [0.5, 0.6) is 0 Å². The highest BCUT2D eigenvalue weighted by Crippen LogP contribution is 2.11. The molecule has 0 fully saturated rings. The third-order valence-electron chi connectivity index (χ3n) is 2.58. The highest BCUT2D eigenvalue weighted by Gasteiger charge is 2.30. The van der Waals surface area contributed by atoms with E-state index in [-0.39, 0.29) is 11.3 Å². The fraction of sp³-hybridized carbons (Fsp3) is 0.333. The summed E-state index contributed by atoms with van der Waals surface area (Å²) in [7, 11) is -3.77. The van der Waals surface area contributed by atoms with Crippen LogP contribution in [0.25, 0.3) is 0 Å². The molecule has 1 rings (SSSR count). The van der Waals surface area contributed by atoms with Gasteiger partial charge in [0.2, 0.25) is 15.9 Å². The zero-order valence-corrected chi connectivity index (χ0v) is 11.9. The van der Waals surface area contributed by atoms with Gasteiger partial charge in [0.1, 0.15) is 5.54 Å². The van der Waals surface area contributed by atoms with Gasteiger partial charge in [-0.1, -0.05) is 12.1 Å². The number of carboxylic acid groups (broad SMARTS) is 1. The van der Waals surface area contributed by atoms with E-state index in [4.69, 9.17) is 10.8 Å². The molecule has 1 aromatic rings. The Morgan fingerprint density at radius 2 is 1.75 bits per heavy atom. The predicted octanol–water partition coefficient (Wildman–Crippen LogP) is 0.0681. The number of primary amides is 1.